The summed E-state index contributed by atoms with van der Waals surface area (Å²) in [6.07, 6.45) is 0. The lowest BCUT2D eigenvalue weighted by Crippen LogP contribution is -2.46. The van der Waals surface area contributed by atoms with Crippen LogP contribution >= 0.6 is 0 Å². The van der Waals surface area contributed by atoms with Crippen LogP contribution in [0.25, 0.3) is 0 Å². The van der Waals surface area contributed by atoms with Gasteiger partial charge in [-0.25, -0.2) is 8.42 Å². The summed E-state index contributed by atoms with van der Waals surface area (Å²) in [4.78, 5) is 14.6. The van der Waals surface area contributed by atoms with E-state index in [4.69, 9.17) is 0 Å². The van der Waals surface area contributed by atoms with Gasteiger partial charge in [0.2, 0.25) is 0 Å². The fraction of sp³-hybridized carbons (Fsp3) is 0.562. The summed E-state index contributed by atoms with van der Waals surface area (Å²) in [6.45, 7) is 8.67. The lowest BCUT2D eigenvalue weighted by atomic mass is 10.2. The number of hydrogen-bond acceptors (Lipinski definition) is 5. The molecule has 0 aliphatic carbocycles. The minimum absolute atomic E-state index is 0.173. The van der Waals surface area contributed by atoms with E-state index in [1.165, 1.54) is 12.1 Å². The van der Waals surface area contributed by atoms with Crippen molar-refractivity contribution < 1.29 is 13.2 Å². The van der Waals surface area contributed by atoms with Crippen LogP contribution in [0, 0.1) is 0 Å². The van der Waals surface area contributed by atoms with Gasteiger partial charge in [-0.1, -0.05) is 0 Å². The van der Waals surface area contributed by atoms with E-state index in [0.29, 0.717) is 12.1 Å². The second-order valence-electron chi connectivity index (χ2n) is 5.97. The summed E-state index contributed by atoms with van der Waals surface area (Å²) in [6, 6.07) is 6.13. The van der Waals surface area contributed by atoms with Crippen LogP contribution in [0.3, 0.4) is 0 Å². The molecule has 1 fully saturated rings. The average molecular weight is 339 g/mol. The quantitative estimate of drug-likeness (QED) is 0.789. The van der Waals surface area contributed by atoms with Gasteiger partial charge in [0, 0.05) is 44.8 Å². The lowest BCUT2D eigenvalue weighted by molar-refractivity contribution is 0.0947. The zero-order valence-corrected chi connectivity index (χ0v) is 14.5. The maximum atomic E-state index is 12.1. The minimum atomic E-state index is -3.30. The minimum Gasteiger partial charge on any atom is -0.351 e. The van der Waals surface area contributed by atoms with Crippen molar-refractivity contribution in [1.29, 1.82) is 0 Å². The maximum Gasteiger partial charge on any atom is 0.251 e. The van der Waals surface area contributed by atoms with Crippen molar-refractivity contribution in [3.05, 3.63) is 29.8 Å². The molecule has 0 bridgehead atoms. The second kappa shape index (κ2) is 7.90. The predicted octanol–water partition coefficient (Wildman–Crippen LogP) is 0.504. The SMILES string of the molecule is CC(C)S(=O)(=O)c1ccc(C(=O)NCCN2CCNCC2)cc1. The van der Waals surface area contributed by atoms with E-state index in [2.05, 4.69) is 15.5 Å². The van der Waals surface area contributed by atoms with E-state index in [1.807, 2.05) is 0 Å². The number of carbonyl (C=O) groups excluding carboxylic acids is 1. The van der Waals surface area contributed by atoms with Gasteiger partial charge >= 0.3 is 0 Å². The number of rotatable bonds is 6. The topological polar surface area (TPSA) is 78.5 Å². The highest BCUT2D eigenvalue weighted by Crippen LogP contribution is 2.16. The summed E-state index contributed by atoms with van der Waals surface area (Å²) in [5, 5.41) is 5.69. The summed E-state index contributed by atoms with van der Waals surface area (Å²) in [5.74, 6) is -0.173. The Morgan fingerprint density at radius 2 is 1.83 bits per heavy atom. The molecule has 0 unspecified atom stereocenters. The summed E-state index contributed by atoms with van der Waals surface area (Å²) < 4.78 is 24.1. The number of nitrogens with zero attached hydrogens (tertiary/aromatic N) is 1. The van der Waals surface area contributed by atoms with Gasteiger partial charge in [0.1, 0.15) is 0 Å². The van der Waals surface area contributed by atoms with Crippen molar-refractivity contribution in [2.45, 2.75) is 24.0 Å². The number of amides is 1. The molecule has 1 aromatic rings. The van der Waals surface area contributed by atoms with Gasteiger partial charge in [-0.3, -0.25) is 9.69 Å². The van der Waals surface area contributed by atoms with Crippen LogP contribution in [0.15, 0.2) is 29.2 Å². The van der Waals surface area contributed by atoms with E-state index in [0.717, 1.165) is 32.7 Å². The molecule has 1 aliphatic rings. The summed E-state index contributed by atoms with van der Waals surface area (Å²) >= 11 is 0. The largest absolute Gasteiger partial charge is 0.351 e. The van der Waals surface area contributed by atoms with Crippen LogP contribution < -0.4 is 10.6 Å². The smallest absolute Gasteiger partial charge is 0.251 e. The lowest BCUT2D eigenvalue weighted by Gasteiger charge is -2.27. The van der Waals surface area contributed by atoms with Crippen molar-refractivity contribution in [1.82, 2.24) is 15.5 Å². The first-order valence-corrected chi connectivity index (χ1v) is 9.51. The van der Waals surface area contributed by atoms with E-state index in [1.54, 1.807) is 26.0 Å². The first-order chi connectivity index (χ1) is 10.9. The molecule has 2 N–H and O–H groups in total. The number of hydrogen-bond donors (Lipinski definition) is 2. The fourth-order valence-corrected chi connectivity index (χ4v) is 3.49. The third kappa shape index (κ3) is 4.76. The third-order valence-corrected chi connectivity index (χ3v) is 6.16. The Morgan fingerprint density at radius 1 is 1.22 bits per heavy atom. The molecule has 1 saturated heterocycles. The molecule has 6 nitrogen and oxygen atoms in total. The first kappa shape index (κ1) is 17.9. The van der Waals surface area contributed by atoms with E-state index < -0.39 is 15.1 Å². The van der Waals surface area contributed by atoms with Gasteiger partial charge in [-0.05, 0) is 38.1 Å². The Morgan fingerprint density at radius 3 is 2.39 bits per heavy atom. The van der Waals surface area contributed by atoms with Gasteiger partial charge in [0.25, 0.3) is 5.91 Å². The maximum absolute atomic E-state index is 12.1. The number of nitrogens with one attached hydrogen (secondary N) is 2. The normalized spacial score (nSPS) is 16.5. The number of benzene rings is 1. The zero-order chi connectivity index (χ0) is 16.9. The van der Waals surface area contributed by atoms with Gasteiger partial charge in [0.15, 0.2) is 9.84 Å². The van der Waals surface area contributed by atoms with Crippen molar-refractivity contribution in [2.24, 2.45) is 0 Å². The van der Waals surface area contributed by atoms with Gasteiger partial charge in [-0.2, -0.15) is 0 Å². The molecule has 0 radical (unpaired) electrons. The molecular weight excluding hydrogens is 314 g/mol. The monoisotopic (exact) mass is 339 g/mol. The number of carbonyl (C=O) groups is 1. The van der Waals surface area contributed by atoms with Gasteiger partial charge in [-0.15, -0.1) is 0 Å². The Kier molecular flexibility index (Phi) is 6.15. The Balaban J connectivity index is 1.87. The van der Waals surface area contributed by atoms with E-state index >= 15 is 0 Å². The van der Waals surface area contributed by atoms with Crippen molar-refractivity contribution >= 4 is 15.7 Å². The standard InChI is InChI=1S/C16H25N3O3S/c1-13(2)23(21,22)15-5-3-14(4-6-15)16(20)18-9-12-19-10-7-17-8-11-19/h3-6,13,17H,7-12H2,1-2H3,(H,18,20). The van der Waals surface area contributed by atoms with Crippen molar-refractivity contribution in [3.63, 3.8) is 0 Å². The molecule has 2 rings (SSSR count). The van der Waals surface area contributed by atoms with Crippen LogP contribution in [0.5, 0.6) is 0 Å². The highest BCUT2D eigenvalue weighted by atomic mass is 32.2. The molecular formula is C16H25N3O3S. The first-order valence-electron chi connectivity index (χ1n) is 7.96. The van der Waals surface area contributed by atoms with Crippen LogP contribution in [-0.2, 0) is 9.84 Å². The summed E-state index contributed by atoms with van der Waals surface area (Å²) in [5.41, 5.74) is 0.480. The third-order valence-electron chi connectivity index (χ3n) is 3.99. The van der Waals surface area contributed by atoms with Crippen molar-refractivity contribution in [2.75, 3.05) is 39.3 Å². The Bertz CT molecular complexity index is 620. The molecule has 23 heavy (non-hydrogen) atoms. The second-order valence-corrected chi connectivity index (χ2v) is 8.47. The molecule has 128 valence electrons. The van der Waals surface area contributed by atoms with Gasteiger partial charge < -0.3 is 10.6 Å². The Hall–Kier alpha value is -1.44. The fourth-order valence-electron chi connectivity index (χ4n) is 2.43. The molecule has 7 heteroatoms. The Labute approximate surface area is 138 Å². The average Bonchev–Trinajstić information content (AvgIpc) is 2.55. The molecule has 0 atom stereocenters. The van der Waals surface area contributed by atoms with Crippen LogP contribution in [0.2, 0.25) is 0 Å². The number of sulfone groups is 1. The molecule has 1 heterocycles. The molecule has 1 aromatic carbocycles. The predicted molar refractivity (Wildman–Crippen MR) is 90.4 cm³/mol. The van der Waals surface area contributed by atoms with Gasteiger partial charge in [0.05, 0.1) is 10.1 Å². The van der Waals surface area contributed by atoms with Crippen molar-refractivity contribution in [3.8, 4) is 0 Å². The highest BCUT2D eigenvalue weighted by Gasteiger charge is 2.19. The van der Waals surface area contributed by atoms with E-state index in [-0.39, 0.29) is 10.8 Å². The molecule has 0 aromatic heterocycles. The molecule has 0 spiro atoms. The van der Waals surface area contributed by atoms with Crippen LogP contribution in [0.4, 0.5) is 0 Å². The van der Waals surface area contributed by atoms with E-state index in [9.17, 15) is 13.2 Å². The molecule has 1 aliphatic heterocycles. The highest BCUT2D eigenvalue weighted by molar-refractivity contribution is 7.92. The number of piperazine rings is 1. The van der Waals surface area contributed by atoms with Crippen LogP contribution in [0.1, 0.15) is 24.2 Å². The van der Waals surface area contributed by atoms with Crippen LogP contribution in [-0.4, -0.2) is 63.7 Å². The molecule has 1 amide bonds. The zero-order valence-electron chi connectivity index (χ0n) is 13.7. The molecule has 0 saturated carbocycles. The summed E-state index contributed by atoms with van der Waals surface area (Å²) in [7, 11) is -3.30.